The summed E-state index contributed by atoms with van der Waals surface area (Å²) in [4.78, 5) is 41.5. The van der Waals surface area contributed by atoms with Crippen LogP contribution >= 0.6 is 11.8 Å². The number of thioether (sulfide) groups is 1. The molecule has 3 aromatic carbocycles. The highest BCUT2D eigenvalue weighted by atomic mass is 32.2. The van der Waals surface area contributed by atoms with E-state index in [4.69, 9.17) is 4.74 Å². The highest BCUT2D eigenvalue weighted by molar-refractivity contribution is 8.04. The number of esters is 1. The molecule has 1 N–H and O–H groups in total. The molecule has 0 saturated heterocycles. The molecule has 0 bridgehead atoms. The smallest absolute Gasteiger partial charge is 0.337 e. The van der Waals surface area contributed by atoms with Gasteiger partial charge in [0.2, 0.25) is 0 Å². The van der Waals surface area contributed by atoms with Crippen molar-refractivity contribution in [2.24, 2.45) is 0 Å². The molecule has 1 aliphatic rings. The molecule has 3 aromatic rings. The summed E-state index contributed by atoms with van der Waals surface area (Å²) >= 11 is 1.24. The van der Waals surface area contributed by atoms with Gasteiger partial charge in [-0.05, 0) is 67.8 Å². The largest absolute Gasteiger partial charge is 0.465 e. The molecule has 1 heterocycles. The standard InChI is InChI=1S/C29H28N2O4S/c1-4-5-7-20-12-14-23(15-13-20)31-27(32)25(30-22-9-6-8-21(18-22)29(34)35-3)26(28(31)33)36-24-16-10-19(2)11-17-24/h6,8-18,30H,4-5,7H2,1-3H3. The van der Waals surface area contributed by atoms with Gasteiger partial charge in [0.15, 0.2) is 0 Å². The van der Waals surface area contributed by atoms with E-state index in [0.29, 0.717) is 21.8 Å². The lowest BCUT2D eigenvalue weighted by Crippen LogP contribution is -2.32. The van der Waals surface area contributed by atoms with Crippen LogP contribution in [0.5, 0.6) is 0 Å². The third-order valence-electron chi connectivity index (χ3n) is 5.85. The normalized spacial score (nSPS) is 13.4. The first-order chi connectivity index (χ1) is 17.4. The fourth-order valence-electron chi connectivity index (χ4n) is 3.85. The zero-order valence-corrected chi connectivity index (χ0v) is 21.4. The van der Waals surface area contributed by atoms with Crippen molar-refractivity contribution >= 4 is 40.9 Å². The molecule has 6 nitrogen and oxygen atoms in total. The number of carbonyl (C=O) groups is 3. The predicted molar refractivity (Wildman–Crippen MR) is 143 cm³/mol. The molecular formula is C29H28N2O4S. The van der Waals surface area contributed by atoms with Crippen LogP contribution < -0.4 is 10.2 Å². The molecule has 0 radical (unpaired) electrons. The van der Waals surface area contributed by atoms with E-state index >= 15 is 0 Å². The topological polar surface area (TPSA) is 75.7 Å². The molecule has 1 aliphatic heterocycles. The van der Waals surface area contributed by atoms with E-state index in [-0.39, 0.29) is 5.70 Å². The Hall–Kier alpha value is -3.84. The van der Waals surface area contributed by atoms with Crippen LogP contribution in [-0.2, 0) is 20.7 Å². The Morgan fingerprint density at radius 3 is 2.36 bits per heavy atom. The van der Waals surface area contributed by atoms with Crippen molar-refractivity contribution in [3.05, 3.63) is 100 Å². The lowest BCUT2D eigenvalue weighted by atomic mass is 10.1. The maximum absolute atomic E-state index is 13.6. The lowest BCUT2D eigenvalue weighted by molar-refractivity contribution is -0.120. The maximum atomic E-state index is 13.6. The number of amides is 2. The summed E-state index contributed by atoms with van der Waals surface area (Å²) in [6.07, 6.45) is 3.13. The number of nitrogens with one attached hydrogen (secondary N) is 1. The van der Waals surface area contributed by atoms with Gasteiger partial charge < -0.3 is 10.1 Å². The highest BCUT2D eigenvalue weighted by Gasteiger charge is 2.40. The zero-order valence-electron chi connectivity index (χ0n) is 20.5. The number of rotatable bonds is 9. The van der Waals surface area contributed by atoms with Gasteiger partial charge in [0.1, 0.15) is 10.6 Å². The van der Waals surface area contributed by atoms with Crippen LogP contribution in [0.2, 0.25) is 0 Å². The Morgan fingerprint density at radius 2 is 1.69 bits per heavy atom. The summed E-state index contributed by atoms with van der Waals surface area (Å²) in [7, 11) is 1.31. The van der Waals surface area contributed by atoms with Crippen molar-refractivity contribution in [1.29, 1.82) is 0 Å². The molecule has 0 unspecified atom stereocenters. The summed E-state index contributed by atoms with van der Waals surface area (Å²) in [5.41, 5.74) is 3.81. The number of hydrogen-bond acceptors (Lipinski definition) is 6. The molecule has 0 atom stereocenters. The quantitative estimate of drug-likeness (QED) is 0.282. The number of ether oxygens (including phenoxy) is 1. The Labute approximate surface area is 215 Å². The molecule has 0 spiro atoms. The fraction of sp³-hybridized carbons (Fsp3) is 0.207. The summed E-state index contributed by atoms with van der Waals surface area (Å²) in [5, 5.41) is 3.10. The van der Waals surface area contributed by atoms with Crippen LogP contribution in [-0.4, -0.2) is 24.9 Å². The summed E-state index contributed by atoms with van der Waals surface area (Å²) in [6.45, 7) is 4.13. The summed E-state index contributed by atoms with van der Waals surface area (Å²) in [5.74, 6) is -1.32. The van der Waals surface area contributed by atoms with E-state index in [9.17, 15) is 14.4 Å². The van der Waals surface area contributed by atoms with E-state index in [2.05, 4.69) is 12.2 Å². The average Bonchev–Trinajstić information content (AvgIpc) is 3.12. The second-order valence-electron chi connectivity index (χ2n) is 8.53. The van der Waals surface area contributed by atoms with E-state index in [1.165, 1.54) is 29.3 Å². The van der Waals surface area contributed by atoms with Crippen LogP contribution in [0.15, 0.2) is 88.3 Å². The van der Waals surface area contributed by atoms with Crippen LogP contribution in [0.1, 0.15) is 41.3 Å². The molecular weight excluding hydrogens is 472 g/mol. The van der Waals surface area contributed by atoms with Gasteiger partial charge >= 0.3 is 5.97 Å². The van der Waals surface area contributed by atoms with E-state index in [1.54, 1.807) is 24.3 Å². The third-order valence-corrected chi connectivity index (χ3v) is 6.94. The number of nitrogens with zero attached hydrogens (tertiary/aromatic N) is 1. The van der Waals surface area contributed by atoms with Crippen molar-refractivity contribution < 1.29 is 19.1 Å². The number of anilines is 2. The minimum absolute atomic E-state index is 0.169. The summed E-state index contributed by atoms with van der Waals surface area (Å²) < 4.78 is 4.81. The minimum Gasteiger partial charge on any atom is -0.465 e. The maximum Gasteiger partial charge on any atom is 0.337 e. The Kier molecular flexibility index (Phi) is 7.90. The van der Waals surface area contributed by atoms with Crippen molar-refractivity contribution in [2.45, 2.75) is 38.0 Å². The lowest BCUT2D eigenvalue weighted by Gasteiger charge is -2.16. The first-order valence-corrected chi connectivity index (χ1v) is 12.6. The molecule has 184 valence electrons. The Morgan fingerprint density at radius 1 is 0.972 bits per heavy atom. The zero-order chi connectivity index (χ0) is 25.7. The van der Waals surface area contributed by atoms with Gasteiger partial charge in [0.25, 0.3) is 11.8 Å². The molecule has 0 aliphatic carbocycles. The van der Waals surface area contributed by atoms with Gasteiger partial charge in [-0.25, -0.2) is 9.69 Å². The Balaban J connectivity index is 1.68. The van der Waals surface area contributed by atoms with Crippen molar-refractivity contribution in [3.63, 3.8) is 0 Å². The van der Waals surface area contributed by atoms with Gasteiger partial charge in [-0.1, -0.05) is 61.0 Å². The van der Waals surface area contributed by atoms with Gasteiger partial charge in [-0.2, -0.15) is 0 Å². The molecule has 0 saturated carbocycles. The van der Waals surface area contributed by atoms with Crippen LogP contribution in [0, 0.1) is 6.92 Å². The predicted octanol–water partition coefficient (Wildman–Crippen LogP) is 6.11. The highest BCUT2D eigenvalue weighted by Crippen LogP contribution is 2.38. The van der Waals surface area contributed by atoms with Crippen LogP contribution in [0.4, 0.5) is 11.4 Å². The van der Waals surface area contributed by atoms with Crippen molar-refractivity contribution in [1.82, 2.24) is 0 Å². The minimum atomic E-state index is -0.486. The first kappa shape index (κ1) is 25.3. The summed E-state index contributed by atoms with van der Waals surface area (Å²) in [6, 6.07) is 22.0. The molecule has 0 aromatic heterocycles. The number of hydrogen-bond donors (Lipinski definition) is 1. The second kappa shape index (κ2) is 11.3. The number of benzene rings is 3. The average molecular weight is 501 g/mol. The third kappa shape index (κ3) is 5.52. The fourth-order valence-corrected chi connectivity index (χ4v) is 4.78. The molecule has 36 heavy (non-hydrogen) atoms. The second-order valence-corrected chi connectivity index (χ2v) is 9.62. The molecule has 4 rings (SSSR count). The molecule has 7 heteroatoms. The number of aryl methyl sites for hydroxylation is 2. The monoisotopic (exact) mass is 500 g/mol. The van der Waals surface area contributed by atoms with Crippen molar-refractivity contribution in [2.75, 3.05) is 17.3 Å². The van der Waals surface area contributed by atoms with E-state index < -0.39 is 17.8 Å². The molecule has 2 amide bonds. The molecule has 0 fully saturated rings. The SMILES string of the molecule is CCCCc1ccc(N2C(=O)C(Nc3cccc(C(=O)OC)c3)=C(Sc3ccc(C)cc3)C2=O)cc1. The Bertz CT molecular complexity index is 1310. The number of methoxy groups -OCH3 is 1. The van der Waals surface area contributed by atoms with E-state index in [1.807, 2.05) is 55.5 Å². The van der Waals surface area contributed by atoms with Crippen molar-refractivity contribution in [3.8, 4) is 0 Å². The van der Waals surface area contributed by atoms with Gasteiger partial charge in [0.05, 0.1) is 18.4 Å². The van der Waals surface area contributed by atoms with Gasteiger partial charge in [-0.15, -0.1) is 0 Å². The first-order valence-electron chi connectivity index (χ1n) is 11.8. The van der Waals surface area contributed by atoms with Gasteiger partial charge in [0, 0.05) is 10.6 Å². The number of imide groups is 1. The number of carbonyl (C=O) groups excluding carboxylic acids is 3. The van der Waals surface area contributed by atoms with Crippen LogP contribution in [0.3, 0.4) is 0 Å². The van der Waals surface area contributed by atoms with Gasteiger partial charge in [-0.3, -0.25) is 9.59 Å². The number of unbranched alkanes of at least 4 members (excludes halogenated alkanes) is 1. The van der Waals surface area contributed by atoms with Crippen LogP contribution in [0.25, 0.3) is 0 Å². The van der Waals surface area contributed by atoms with E-state index in [0.717, 1.165) is 29.7 Å².